The quantitative estimate of drug-likeness (QED) is 0.687. The highest BCUT2D eigenvalue weighted by Crippen LogP contribution is 2.35. The summed E-state index contributed by atoms with van der Waals surface area (Å²) in [6, 6.07) is 3.56. The molecule has 1 unspecified atom stereocenters. The maximum atomic E-state index is 13.0. The van der Waals surface area contributed by atoms with Crippen molar-refractivity contribution in [3.63, 3.8) is 0 Å². The van der Waals surface area contributed by atoms with Gasteiger partial charge in [0.2, 0.25) is 6.23 Å². The fraction of sp³-hybridized carbons (Fsp3) is 0.476. The van der Waals surface area contributed by atoms with Gasteiger partial charge in [-0.3, -0.25) is 14.7 Å². The first kappa shape index (κ1) is 21.1. The number of rotatable bonds is 6. The molecule has 2 amide bonds. The van der Waals surface area contributed by atoms with Crippen molar-refractivity contribution in [1.82, 2.24) is 24.8 Å². The van der Waals surface area contributed by atoms with E-state index in [1.54, 1.807) is 17.2 Å². The van der Waals surface area contributed by atoms with Gasteiger partial charge in [0, 0.05) is 51.3 Å². The zero-order valence-corrected chi connectivity index (χ0v) is 17.7. The molecule has 2 aliphatic heterocycles. The standard InChI is InChI=1S/C21H26N6O4/c1-3-26(9-8-25-10-12-30-13-11-25)21(29)31-20-18-17(22-6-7-23-18)19(28)27(20)16-5-4-15(2)14-24-16/h4-7,14,20H,3,8-13H2,1-2H3. The van der Waals surface area contributed by atoms with Crippen LogP contribution in [-0.2, 0) is 9.47 Å². The van der Waals surface area contributed by atoms with E-state index in [1.165, 1.54) is 17.3 Å². The summed E-state index contributed by atoms with van der Waals surface area (Å²) in [7, 11) is 0. The van der Waals surface area contributed by atoms with Crippen LogP contribution in [0.1, 0.15) is 34.9 Å². The summed E-state index contributed by atoms with van der Waals surface area (Å²) < 4.78 is 11.2. The monoisotopic (exact) mass is 426 g/mol. The van der Waals surface area contributed by atoms with Crippen molar-refractivity contribution in [3.8, 4) is 0 Å². The van der Waals surface area contributed by atoms with E-state index in [0.29, 0.717) is 37.8 Å². The van der Waals surface area contributed by atoms with E-state index in [2.05, 4.69) is 19.9 Å². The number of carbonyl (C=O) groups excluding carboxylic acids is 2. The molecule has 0 aliphatic carbocycles. The number of nitrogens with zero attached hydrogens (tertiary/aromatic N) is 6. The lowest BCUT2D eigenvalue weighted by Gasteiger charge is -2.30. The van der Waals surface area contributed by atoms with Crippen LogP contribution >= 0.6 is 0 Å². The van der Waals surface area contributed by atoms with Crippen LogP contribution in [0.4, 0.5) is 10.6 Å². The van der Waals surface area contributed by atoms with Crippen LogP contribution in [-0.4, -0.2) is 82.7 Å². The fourth-order valence-electron chi connectivity index (χ4n) is 3.61. The molecule has 0 N–H and O–H groups in total. The molecule has 1 saturated heterocycles. The summed E-state index contributed by atoms with van der Waals surface area (Å²) in [5.41, 5.74) is 1.43. The molecule has 0 radical (unpaired) electrons. The van der Waals surface area contributed by atoms with Crippen molar-refractivity contribution in [3.05, 3.63) is 47.7 Å². The average Bonchev–Trinajstić information content (AvgIpc) is 3.07. The fourth-order valence-corrected chi connectivity index (χ4v) is 3.61. The van der Waals surface area contributed by atoms with Crippen molar-refractivity contribution < 1.29 is 19.1 Å². The Balaban J connectivity index is 1.52. The summed E-state index contributed by atoms with van der Waals surface area (Å²) in [6.45, 7) is 8.64. The average molecular weight is 426 g/mol. The Hall–Kier alpha value is -3.11. The van der Waals surface area contributed by atoms with Crippen molar-refractivity contribution in [2.45, 2.75) is 20.1 Å². The van der Waals surface area contributed by atoms with Crippen LogP contribution in [0.15, 0.2) is 30.7 Å². The summed E-state index contributed by atoms with van der Waals surface area (Å²) in [6.07, 6.45) is 3.06. The Morgan fingerprint density at radius 3 is 2.71 bits per heavy atom. The Kier molecular flexibility index (Phi) is 6.38. The minimum Gasteiger partial charge on any atom is -0.419 e. The summed E-state index contributed by atoms with van der Waals surface area (Å²) in [5, 5.41) is 0. The van der Waals surface area contributed by atoms with Crippen LogP contribution in [0, 0.1) is 6.92 Å². The van der Waals surface area contributed by atoms with Gasteiger partial charge in [-0.05, 0) is 25.5 Å². The largest absolute Gasteiger partial charge is 0.419 e. The minimum atomic E-state index is -1.02. The first-order valence-electron chi connectivity index (χ1n) is 10.4. The van der Waals surface area contributed by atoms with Crippen LogP contribution in [0.3, 0.4) is 0 Å². The molecule has 4 rings (SSSR count). The van der Waals surface area contributed by atoms with Crippen molar-refractivity contribution in [2.75, 3.05) is 50.8 Å². The number of pyridine rings is 1. The molecule has 2 aliphatic rings. The van der Waals surface area contributed by atoms with Gasteiger partial charge in [-0.2, -0.15) is 0 Å². The number of ether oxygens (including phenoxy) is 2. The summed E-state index contributed by atoms with van der Waals surface area (Å²) >= 11 is 0. The lowest BCUT2D eigenvalue weighted by molar-refractivity contribution is 0.0287. The lowest BCUT2D eigenvalue weighted by atomic mass is 10.3. The van der Waals surface area contributed by atoms with Crippen LogP contribution in [0.5, 0.6) is 0 Å². The highest BCUT2D eigenvalue weighted by Gasteiger charge is 2.44. The number of aryl methyl sites for hydroxylation is 1. The number of likely N-dealkylation sites (N-methyl/N-ethyl adjacent to an activating group) is 1. The summed E-state index contributed by atoms with van der Waals surface area (Å²) in [4.78, 5) is 44.0. The minimum absolute atomic E-state index is 0.166. The molecule has 1 atom stereocenters. The van der Waals surface area contributed by atoms with Crippen LogP contribution in [0.25, 0.3) is 0 Å². The van der Waals surface area contributed by atoms with E-state index in [9.17, 15) is 9.59 Å². The van der Waals surface area contributed by atoms with E-state index in [4.69, 9.17) is 9.47 Å². The molecule has 0 bridgehead atoms. The predicted octanol–water partition coefficient (Wildman–Crippen LogP) is 1.63. The number of amides is 2. The summed E-state index contributed by atoms with van der Waals surface area (Å²) in [5.74, 6) is -0.0156. The topological polar surface area (TPSA) is 101 Å². The third-order valence-corrected chi connectivity index (χ3v) is 5.40. The molecule has 10 heteroatoms. The molecular formula is C21H26N6O4. The predicted molar refractivity (Wildman–Crippen MR) is 112 cm³/mol. The van der Waals surface area contributed by atoms with Gasteiger partial charge in [-0.1, -0.05) is 6.07 Å². The van der Waals surface area contributed by atoms with Gasteiger partial charge in [0.25, 0.3) is 5.91 Å². The third-order valence-electron chi connectivity index (χ3n) is 5.40. The molecule has 31 heavy (non-hydrogen) atoms. The molecule has 2 aromatic rings. The van der Waals surface area contributed by atoms with Crippen molar-refractivity contribution >= 4 is 17.8 Å². The number of aromatic nitrogens is 3. The van der Waals surface area contributed by atoms with Gasteiger partial charge in [0.05, 0.1) is 13.2 Å². The van der Waals surface area contributed by atoms with Gasteiger partial charge >= 0.3 is 6.09 Å². The zero-order valence-electron chi connectivity index (χ0n) is 17.7. The number of hydrogen-bond acceptors (Lipinski definition) is 8. The van der Waals surface area contributed by atoms with E-state index < -0.39 is 18.2 Å². The molecule has 0 spiro atoms. The zero-order chi connectivity index (χ0) is 21.8. The van der Waals surface area contributed by atoms with Crippen molar-refractivity contribution in [1.29, 1.82) is 0 Å². The first-order valence-corrected chi connectivity index (χ1v) is 10.4. The Labute approximate surface area is 180 Å². The van der Waals surface area contributed by atoms with E-state index in [1.807, 2.05) is 19.9 Å². The third kappa shape index (κ3) is 4.49. The number of hydrogen-bond donors (Lipinski definition) is 0. The van der Waals surface area contributed by atoms with Gasteiger partial charge < -0.3 is 14.4 Å². The highest BCUT2D eigenvalue weighted by atomic mass is 16.6. The number of morpholine rings is 1. The van der Waals surface area contributed by atoms with Gasteiger partial charge in [-0.15, -0.1) is 0 Å². The first-order chi connectivity index (χ1) is 15.1. The number of anilines is 1. The molecule has 0 saturated carbocycles. The smallest absolute Gasteiger partial charge is 0.412 e. The van der Waals surface area contributed by atoms with E-state index in [-0.39, 0.29) is 5.69 Å². The SMILES string of the molecule is CCN(CCN1CCOCC1)C(=O)OC1c2nccnc2C(=O)N1c1ccc(C)cn1. The maximum absolute atomic E-state index is 13.0. The second kappa shape index (κ2) is 9.36. The highest BCUT2D eigenvalue weighted by molar-refractivity contribution is 6.08. The Bertz CT molecular complexity index is 932. The van der Waals surface area contributed by atoms with Crippen LogP contribution in [0.2, 0.25) is 0 Å². The van der Waals surface area contributed by atoms with Gasteiger partial charge in [0.1, 0.15) is 11.5 Å². The van der Waals surface area contributed by atoms with Gasteiger partial charge in [-0.25, -0.2) is 19.7 Å². The van der Waals surface area contributed by atoms with E-state index >= 15 is 0 Å². The number of fused-ring (bicyclic) bond motifs is 1. The normalized spacial score (nSPS) is 18.7. The molecule has 0 aromatic carbocycles. The van der Waals surface area contributed by atoms with Gasteiger partial charge in [0.15, 0.2) is 5.69 Å². The van der Waals surface area contributed by atoms with E-state index in [0.717, 1.165) is 25.2 Å². The maximum Gasteiger partial charge on any atom is 0.412 e. The second-order valence-corrected chi connectivity index (χ2v) is 7.43. The Morgan fingerprint density at radius 1 is 1.23 bits per heavy atom. The molecular weight excluding hydrogens is 400 g/mol. The molecule has 164 valence electrons. The van der Waals surface area contributed by atoms with Crippen molar-refractivity contribution in [2.24, 2.45) is 0 Å². The molecule has 2 aromatic heterocycles. The molecule has 1 fully saturated rings. The molecule has 4 heterocycles. The Morgan fingerprint density at radius 2 is 2.00 bits per heavy atom. The molecule has 10 nitrogen and oxygen atoms in total. The second-order valence-electron chi connectivity index (χ2n) is 7.43. The van der Waals surface area contributed by atoms with Crippen LogP contribution < -0.4 is 4.90 Å². The lowest BCUT2D eigenvalue weighted by Crippen LogP contribution is -2.44. The number of carbonyl (C=O) groups is 2.